The number of benzene rings is 2. The Morgan fingerprint density at radius 1 is 1.07 bits per heavy atom. The number of rotatable bonds is 8. The summed E-state index contributed by atoms with van der Waals surface area (Å²) >= 11 is 0. The molecule has 40 heavy (non-hydrogen) atoms. The highest BCUT2D eigenvalue weighted by molar-refractivity contribution is 7.91. The topological polar surface area (TPSA) is 146 Å². The van der Waals surface area contributed by atoms with Gasteiger partial charge in [-0.1, -0.05) is 54.6 Å². The van der Waals surface area contributed by atoms with E-state index in [-0.39, 0.29) is 23.4 Å². The minimum absolute atomic E-state index is 0.0743. The first kappa shape index (κ1) is 25.5. The van der Waals surface area contributed by atoms with E-state index in [9.17, 15) is 18.3 Å². The molecular weight excluding hydrogens is 528 g/mol. The minimum Gasteiger partial charge on any atom is -0.493 e. The van der Waals surface area contributed by atoms with Crippen molar-refractivity contribution >= 4 is 27.6 Å². The second-order valence-corrected chi connectivity index (χ2v) is 11.7. The number of aromatic hydroxyl groups is 1. The zero-order chi connectivity index (χ0) is 27.7. The minimum atomic E-state index is -3.37. The summed E-state index contributed by atoms with van der Waals surface area (Å²) in [6.07, 6.45) is 9.34. The lowest BCUT2D eigenvalue weighted by Crippen LogP contribution is -2.20. The zero-order valence-electron chi connectivity index (χ0n) is 21.4. The van der Waals surface area contributed by atoms with Crippen LogP contribution in [0.1, 0.15) is 35.4 Å². The molecule has 1 fully saturated rings. The van der Waals surface area contributed by atoms with Crippen LogP contribution in [0.2, 0.25) is 0 Å². The lowest BCUT2D eigenvalue weighted by molar-refractivity contribution is 0.454. The van der Waals surface area contributed by atoms with Crippen LogP contribution in [0.25, 0.3) is 17.8 Å². The van der Waals surface area contributed by atoms with E-state index in [1.165, 1.54) is 0 Å². The van der Waals surface area contributed by atoms with Crippen LogP contribution in [-0.2, 0) is 16.3 Å². The summed E-state index contributed by atoms with van der Waals surface area (Å²) in [6.45, 7) is 0. The van der Waals surface area contributed by atoms with Gasteiger partial charge in [0, 0.05) is 17.7 Å². The van der Waals surface area contributed by atoms with Crippen LogP contribution >= 0.6 is 0 Å². The van der Waals surface area contributed by atoms with E-state index in [0.717, 1.165) is 29.7 Å². The molecule has 1 aliphatic carbocycles. The van der Waals surface area contributed by atoms with Crippen molar-refractivity contribution in [1.82, 2.24) is 24.6 Å². The molecule has 6 rings (SSSR count). The number of H-pyrrole nitrogens is 2. The fraction of sp³-hybridized carbons (Fsp3) is 0.172. The van der Waals surface area contributed by atoms with Gasteiger partial charge in [0.15, 0.2) is 21.0 Å². The molecule has 3 N–H and O–H groups in total. The molecule has 0 saturated heterocycles. The standard InChI is InChI=1S/C29H26N6O4S/c36-28-25(33-29(37)34-28)16-21-18-30-35-26(31-22-12-13-22)17-23(32-27(21)35)15-20-10-8-19(9-11-20)5-4-14-40(38,39)24-6-2-1-3-7-24/h1-11,16-18,22,36H,12-15H2,(H2,33,34,37)/b5-4+,21-16?,31-26?. The smallest absolute Gasteiger partial charge is 0.326 e. The van der Waals surface area contributed by atoms with Crippen molar-refractivity contribution in [1.29, 1.82) is 0 Å². The highest BCUT2D eigenvalue weighted by Gasteiger charge is 2.20. The monoisotopic (exact) mass is 554 g/mol. The van der Waals surface area contributed by atoms with Crippen molar-refractivity contribution in [2.24, 2.45) is 4.99 Å². The molecule has 0 amide bonds. The quantitative estimate of drug-likeness (QED) is 0.268. The summed E-state index contributed by atoms with van der Waals surface area (Å²) in [5, 5.41) is 15.1. The Morgan fingerprint density at radius 2 is 1.85 bits per heavy atom. The number of sulfone groups is 1. The van der Waals surface area contributed by atoms with E-state index < -0.39 is 15.5 Å². The fourth-order valence-electron chi connectivity index (χ4n) is 4.33. The Labute approximate surface area is 229 Å². The molecule has 202 valence electrons. The van der Waals surface area contributed by atoms with Crippen LogP contribution in [0.3, 0.4) is 0 Å². The molecule has 0 aliphatic heterocycles. The molecule has 3 aromatic heterocycles. The van der Waals surface area contributed by atoms with Crippen LogP contribution < -0.4 is 16.4 Å². The van der Waals surface area contributed by atoms with Crippen LogP contribution in [0.5, 0.6) is 5.88 Å². The predicted molar refractivity (Wildman–Crippen MR) is 150 cm³/mol. The molecule has 0 radical (unpaired) electrons. The van der Waals surface area contributed by atoms with E-state index in [1.54, 1.807) is 59.3 Å². The number of aromatic amines is 2. The van der Waals surface area contributed by atoms with Gasteiger partial charge in [-0.3, -0.25) is 9.98 Å². The lowest BCUT2D eigenvalue weighted by atomic mass is 10.1. The van der Waals surface area contributed by atoms with Crippen LogP contribution in [-0.4, -0.2) is 49.9 Å². The molecule has 2 aromatic carbocycles. The van der Waals surface area contributed by atoms with E-state index in [0.29, 0.717) is 27.7 Å². The maximum Gasteiger partial charge on any atom is 0.326 e. The highest BCUT2D eigenvalue weighted by atomic mass is 32.2. The molecule has 3 heterocycles. The van der Waals surface area contributed by atoms with Gasteiger partial charge in [-0.2, -0.15) is 9.61 Å². The maximum atomic E-state index is 12.5. The molecule has 5 aromatic rings. The number of nitrogens with zero attached hydrogens (tertiary/aromatic N) is 4. The number of nitrogens with one attached hydrogen (secondary N) is 2. The summed E-state index contributed by atoms with van der Waals surface area (Å²) < 4.78 is 26.7. The Hall–Kier alpha value is -4.77. The van der Waals surface area contributed by atoms with Gasteiger partial charge in [0.05, 0.1) is 28.6 Å². The Morgan fingerprint density at radius 3 is 2.55 bits per heavy atom. The van der Waals surface area contributed by atoms with Gasteiger partial charge in [-0.25, -0.2) is 18.2 Å². The molecule has 0 unspecified atom stereocenters. The van der Waals surface area contributed by atoms with Crippen molar-refractivity contribution in [3.05, 3.63) is 117 Å². The van der Waals surface area contributed by atoms with Gasteiger partial charge in [-0.15, -0.1) is 0 Å². The van der Waals surface area contributed by atoms with Crippen molar-refractivity contribution in [2.75, 3.05) is 5.75 Å². The van der Waals surface area contributed by atoms with E-state index in [1.807, 2.05) is 30.3 Å². The summed E-state index contributed by atoms with van der Waals surface area (Å²) in [6, 6.07) is 18.5. The Bertz CT molecular complexity index is 2000. The Balaban J connectivity index is 1.26. The zero-order valence-corrected chi connectivity index (χ0v) is 22.2. The highest BCUT2D eigenvalue weighted by Crippen LogP contribution is 2.22. The van der Waals surface area contributed by atoms with Gasteiger partial charge < -0.3 is 10.1 Å². The number of hydrogen-bond acceptors (Lipinski definition) is 7. The third kappa shape index (κ3) is 5.64. The van der Waals surface area contributed by atoms with Gasteiger partial charge in [0.2, 0.25) is 5.88 Å². The van der Waals surface area contributed by atoms with Crippen molar-refractivity contribution in [3.8, 4) is 5.88 Å². The van der Waals surface area contributed by atoms with Crippen molar-refractivity contribution in [2.45, 2.75) is 30.2 Å². The first-order chi connectivity index (χ1) is 19.3. The van der Waals surface area contributed by atoms with E-state index in [2.05, 4.69) is 15.1 Å². The average Bonchev–Trinajstić information content (AvgIpc) is 3.58. The van der Waals surface area contributed by atoms with Crippen LogP contribution in [0.4, 0.5) is 0 Å². The SMILES string of the molecule is O=c1[nH]c(O)c(C=c2cnn3c(=NC4CC4)cc(Cc4ccc(/C=C/CS(=O)(=O)c5ccccc5)cc4)nc23)[nH]1. The van der Waals surface area contributed by atoms with Crippen LogP contribution in [0.15, 0.2) is 87.6 Å². The number of hydrogen-bond donors (Lipinski definition) is 3. The lowest BCUT2D eigenvalue weighted by Gasteiger charge is -2.04. The first-order valence-electron chi connectivity index (χ1n) is 12.8. The molecule has 1 saturated carbocycles. The van der Waals surface area contributed by atoms with Crippen molar-refractivity contribution < 1.29 is 13.5 Å². The maximum absolute atomic E-state index is 12.5. The summed E-state index contributed by atoms with van der Waals surface area (Å²) in [5.74, 6) is -0.329. The summed E-state index contributed by atoms with van der Waals surface area (Å²) in [7, 11) is -3.37. The number of imidazole rings is 1. The largest absolute Gasteiger partial charge is 0.493 e. The normalized spacial score (nSPS) is 15.0. The first-order valence-corrected chi connectivity index (χ1v) is 14.5. The molecule has 0 spiro atoms. The van der Waals surface area contributed by atoms with Gasteiger partial charge in [-0.05, 0) is 42.2 Å². The van der Waals surface area contributed by atoms with Gasteiger partial charge >= 0.3 is 5.69 Å². The fourth-order valence-corrected chi connectivity index (χ4v) is 5.44. The second-order valence-electron chi connectivity index (χ2n) is 9.70. The van der Waals surface area contributed by atoms with Crippen LogP contribution in [0, 0.1) is 0 Å². The molecule has 0 bridgehead atoms. The molecular formula is C29H26N6O4S. The third-order valence-electron chi connectivity index (χ3n) is 6.52. The Kier molecular flexibility index (Phi) is 6.64. The molecule has 10 nitrogen and oxygen atoms in total. The van der Waals surface area contributed by atoms with E-state index >= 15 is 0 Å². The second kappa shape index (κ2) is 10.4. The van der Waals surface area contributed by atoms with Gasteiger partial charge in [0.1, 0.15) is 5.69 Å². The summed E-state index contributed by atoms with van der Waals surface area (Å²) in [5.41, 5.74) is 3.73. The van der Waals surface area contributed by atoms with E-state index in [4.69, 9.17) is 9.98 Å². The third-order valence-corrected chi connectivity index (χ3v) is 8.15. The molecule has 1 aliphatic rings. The average molecular weight is 555 g/mol. The number of aromatic nitrogens is 5. The summed E-state index contributed by atoms with van der Waals surface area (Å²) in [4.78, 5) is 26.3. The molecule has 0 atom stereocenters. The number of fused-ring (bicyclic) bond motifs is 1. The van der Waals surface area contributed by atoms with Gasteiger partial charge in [0.25, 0.3) is 0 Å². The molecule has 11 heteroatoms. The van der Waals surface area contributed by atoms with Crippen molar-refractivity contribution in [3.63, 3.8) is 0 Å². The predicted octanol–water partition coefficient (Wildman–Crippen LogP) is 2.14.